The van der Waals surface area contributed by atoms with Gasteiger partial charge in [0.2, 0.25) is 0 Å². The van der Waals surface area contributed by atoms with Gasteiger partial charge in [-0.05, 0) is 49.3 Å². The summed E-state index contributed by atoms with van der Waals surface area (Å²) < 4.78 is 0. The second-order valence-electron chi connectivity index (χ2n) is 5.71. The largest absolute Gasteiger partial charge is 0.316 e. The van der Waals surface area contributed by atoms with Crippen molar-refractivity contribution in [3.05, 3.63) is 0 Å². The van der Waals surface area contributed by atoms with Crippen molar-refractivity contribution in [2.75, 3.05) is 19.3 Å². The predicted octanol–water partition coefficient (Wildman–Crippen LogP) is 4.31. The van der Waals surface area contributed by atoms with E-state index < -0.39 is 0 Å². The van der Waals surface area contributed by atoms with Crippen molar-refractivity contribution in [2.45, 2.75) is 65.7 Å². The normalized spacial score (nSPS) is 12.4. The van der Waals surface area contributed by atoms with Gasteiger partial charge in [-0.25, -0.2) is 0 Å². The second-order valence-corrected chi connectivity index (χ2v) is 9.25. The van der Waals surface area contributed by atoms with Crippen LogP contribution in [0.1, 0.15) is 54.4 Å². The molecule has 1 nitrogen and oxygen atoms in total. The van der Waals surface area contributed by atoms with E-state index in [1.807, 2.05) is 0 Å². The molecule has 0 rings (SSSR count). The fourth-order valence-corrected chi connectivity index (χ4v) is 4.72. The third-order valence-electron chi connectivity index (χ3n) is 3.01. The second kappa shape index (κ2) is 9.42. The predicted molar refractivity (Wildman–Crippen MR) is 79.0 cm³/mol. The lowest BCUT2D eigenvalue weighted by Gasteiger charge is -2.25. The number of hydrogen-bond donors (Lipinski definition) is 1. The fraction of sp³-hybridized carbons (Fsp3) is 1.00. The van der Waals surface area contributed by atoms with E-state index >= 15 is 0 Å². The van der Waals surface area contributed by atoms with Crippen LogP contribution in [-0.2, 0) is 0 Å². The Kier molecular flexibility index (Phi) is 9.65. The van der Waals surface area contributed by atoms with E-state index in [2.05, 4.69) is 46.9 Å². The SMILES string of the molecule is CC(C)CCCNCCP(C(C)C)C(C)C. The molecule has 0 fully saturated rings. The zero-order valence-electron chi connectivity index (χ0n) is 12.2. The quantitative estimate of drug-likeness (QED) is 0.471. The molecule has 0 radical (unpaired) electrons. The Labute approximate surface area is 105 Å². The molecule has 0 aromatic rings. The molecule has 0 bridgehead atoms. The van der Waals surface area contributed by atoms with E-state index in [9.17, 15) is 0 Å². The van der Waals surface area contributed by atoms with Gasteiger partial charge in [0.15, 0.2) is 0 Å². The van der Waals surface area contributed by atoms with Crippen LogP contribution in [0.15, 0.2) is 0 Å². The summed E-state index contributed by atoms with van der Waals surface area (Å²) in [5.74, 6) is 0.852. The van der Waals surface area contributed by atoms with Crippen LogP contribution >= 0.6 is 7.92 Å². The molecule has 0 aromatic heterocycles. The number of hydrogen-bond acceptors (Lipinski definition) is 1. The molecule has 0 atom stereocenters. The van der Waals surface area contributed by atoms with E-state index in [0.29, 0.717) is 0 Å². The summed E-state index contributed by atoms with van der Waals surface area (Å²) in [7, 11) is 0.226. The average Bonchev–Trinajstić information content (AvgIpc) is 2.14. The molecule has 2 heteroatoms. The molecule has 0 aliphatic rings. The molecule has 0 saturated heterocycles. The zero-order valence-corrected chi connectivity index (χ0v) is 13.1. The maximum absolute atomic E-state index is 3.60. The summed E-state index contributed by atoms with van der Waals surface area (Å²) in [5.41, 5.74) is 1.76. The highest BCUT2D eigenvalue weighted by atomic mass is 31.1. The third kappa shape index (κ3) is 8.53. The molecule has 0 saturated carbocycles. The first kappa shape index (κ1) is 16.4. The van der Waals surface area contributed by atoms with Crippen LogP contribution in [-0.4, -0.2) is 30.6 Å². The minimum absolute atomic E-state index is 0.226. The van der Waals surface area contributed by atoms with Crippen LogP contribution in [0.5, 0.6) is 0 Å². The first-order chi connectivity index (χ1) is 7.45. The molecule has 0 aliphatic carbocycles. The molecule has 0 aliphatic heterocycles. The minimum atomic E-state index is 0.226. The van der Waals surface area contributed by atoms with Crippen molar-refractivity contribution >= 4 is 7.92 Å². The lowest BCUT2D eigenvalue weighted by molar-refractivity contribution is 0.533. The van der Waals surface area contributed by atoms with E-state index in [1.165, 1.54) is 32.1 Å². The Morgan fingerprint density at radius 1 is 0.875 bits per heavy atom. The van der Waals surface area contributed by atoms with Gasteiger partial charge in [0.25, 0.3) is 0 Å². The van der Waals surface area contributed by atoms with Crippen molar-refractivity contribution in [3.8, 4) is 0 Å². The smallest absolute Gasteiger partial charge is 0.000931 e. The molecule has 98 valence electrons. The van der Waals surface area contributed by atoms with Gasteiger partial charge in [0, 0.05) is 0 Å². The van der Waals surface area contributed by atoms with Gasteiger partial charge in [-0.15, -0.1) is 7.92 Å². The van der Waals surface area contributed by atoms with E-state index in [1.54, 1.807) is 0 Å². The lowest BCUT2D eigenvalue weighted by atomic mass is 10.1. The number of rotatable bonds is 9. The van der Waals surface area contributed by atoms with Crippen LogP contribution in [0.4, 0.5) is 0 Å². The summed E-state index contributed by atoms with van der Waals surface area (Å²) in [5, 5.41) is 3.60. The van der Waals surface area contributed by atoms with Crippen LogP contribution in [0, 0.1) is 5.92 Å². The monoisotopic (exact) mass is 245 g/mol. The van der Waals surface area contributed by atoms with Gasteiger partial charge in [0.1, 0.15) is 0 Å². The van der Waals surface area contributed by atoms with Gasteiger partial charge in [0.05, 0.1) is 0 Å². The summed E-state index contributed by atoms with van der Waals surface area (Å²) in [6, 6.07) is 0. The van der Waals surface area contributed by atoms with Gasteiger partial charge in [-0.2, -0.15) is 0 Å². The molecule has 0 amide bonds. The molecule has 1 N–H and O–H groups in total. The summed E-state index contributed by atoms with van der Waals surface area (Å²) in [6.07, 6.45) is 4.08. The van der Waals surface area contributed by atoms with Crippen molar-refractivity contribution in [3.63, 3.8) is 0 Å². The summed E-state index contributed by atoms with van der Waals surface area (Å²) >= 11 is 0. The number of nitrogens with one attached hydrogen (secondary N) is 1. The average molecular weight is 245 g/mol. The Balaban J connectivity index is 3.48. The van der Waals surface area contributed by atoms with Crippen LogP contribution in [0.25, 0.3) is 0 Å². The Morgan fingerprint density at radius 3 is 1.88 bits per heavy atom. The highest BCUT2D eigenvalue weighted by Gasteiger charge is 2.15. The highest BCUT2D eigenvalue weighted by molar-refractivity contribution is 7.59. The van der Waals surface area contributed by atoms with Gasteiger partial charge in [-0.1, -0.05) is 41.5 Å². The van der Waals surface area contributed by atoms with Crippen molar-refractivity contribution in [1.29, 1.82) is 0 Å². The summed E-state index contributed by atoms with van der Waals surface area (Å²) in [4.78, 5) is 0. The van der Waals surface area contributed by atoms with Crippen LogP contribution in [0.2, 0.25) is 0 Å². The van der Waals surface area contributed by atoms with E-state index in [0.717, 1.165) is 17.2 Å². The Bertz CT molecular complexity index is 147. The molecule has 0 aromatic carbocycles. The first-order valence-corrected chi connectivity index (χ1v) is 8.58. The van der Waals surface area contributed by atoms with E-state index in [-0.39, 0.29) is 7.92 Å². The highest BCUT2D eigenvalue weighted by Crippen LogP contribution is 2.45. The minimum Gasteiger partial charge on any atom is -0.316 e. The van der Waals surface area contributed by atoms with Crippen molar-refractivity contribution < 1.29 is 0 Å². The van der Waals surface area contributed by atoms with E-state index in [4.69, 9.17) is 0 Å². The van der Waals surface area contributed by atoms with Crippen molar-refractivity contribution in [1.82, 2.24) is 5.32 Å². The molecular weight excluding hydrogens is 213 g/mol. The lowest BCUT2D eigenvalue weighted by Crippen LogP contribution is -2.22. The fourth-order valence-electron chi connectivity index (χ4n) is 2.08. The van der Waals surface area contributed by atoms with Gasteiger partial charge >= 0.3 is 0 Å². The molecule has 16 heavy (non-hydrogen) atoms. The Hall–Kier alpha value is 0.390. The first-order valence-electron chi connectivity index (χ1n) is 6.91. The van der Waals surface area contributed by atoms with Gasteiger partial charge < -0.3 is 5.32 Å². The molecular formula is C14H32NP. The topological polar surface area (TPSA) is 12.0 Å². The maximum atomic E-state index is 3.60. The molecule has 0 unspecified atom stereocenters. The van der Waals surface area contributed by atoms with Gasteiger partial charge in [-0.3, -0.25) is 0 Å². The standard InChI is InChI=1S/C14H32NP/c1-12(2)8-7-9-15-10-11-16(13(3)4)14(5)6/h12-15H,7-11H2,1-6H3. The maximum Gasteiger partial charge on any atom is -0.000931 e. The zero-order chi connectivity index (χ0) is 12.6. The van der Waals surface area contributed by atoms with Crippen LogP contribution in [0.3, 0.4) is 0 Å². The van der Waals surface area contributed by atoms with Crippen molar-refractivity contribution in [2.24, 2.45) is 5.92 Å². The Morgan fingerprint density at radius 2 is 1.44 bits per heavy atom. The summed E-state index contributed by atoms with van der Waals surface area (Å²) in [6.45, 7) is 16.6. The molecule has 0 heterocycles. The molecule has 0 spiro atoms. The van der Waals surface area contributed by atoms with Crippen LogP contribution < -0.4 is 5.32 Å². The third-order valence-corrected chi connectivity index (χ3v) is 6.40.